The minimum Gasteiger partial charge on any atom is -0.610 e. The van der Waals surface area contributed by atoms with Crippen molar-refractivity contribution >= 4 is 98.8 Å². The summed E-state index contributed by atoms with van der Waals surface area (Å²) in [6, 6.07) is -6.68. The van der Waals surface area contributed by atoms with Gasteiger partial charge in [0.05, 0.1) is 143 Å². The number of nitrogens with zero attached hydrogens (tertiary/aromatic N) is 2. The molecule has 3 aliphatic rings. The SMILES string of the molecule is CCC(=O)N[C@H](C(=O)NCC(=O)N[C@H]1C[S+]([O-])c2[nH]c3c(CSCCOCCOCCOCCOCCOCCOCCOCCN/C=C(\N)CN4C(=O)CCC4=O)c(OC)ccc3c2C[C@@H](C(N)=O)NC(=O)[C@H]([C@@H](C)[C@@H](O)CO)NC(=O)[C@@H]2C[C@@H](O)CN2C(=O)[C@H](CC(N)=O)NC1=O)[C@@H](C)CC. The van der Waals surface area contributed by atoms with Gasteiger partial charge in [-0.2, -0.15) is 11.8 Å². The lowest BCUT2D eigenvalue weighted by molar-refractivity contribution is -0.144. The molecule has 0 radical (unpaired) electrons. The second kappa shape index (κ2) is 45.7. The molecule has 1 aromatic heterocycles. The number of aromatic nitrogens is 1. The molecule has 0 aliphatic carbocycles. The van der Waals surface area contributed by atoms with E-state index < -0.39 is 163 Å². The molecule has 1 aromatic carbocycles. The number of nitrogens with two attached hydrogens (primary N) is 3. The van der Waals surface area contributed by atoms with E-state index in [1.54, 1.807) is 39.1 Å². The highest BCUT2D eigenvalue weighted by Gasteiger charge is 2.45. The van der Waals surface area contributed by atoms with Gasteiger partial charge in [0.25, 0.3) is 0 Å². The van der Waals surface area contributed by atoms with E-state index >= 15 is 4.55 Å². The number of H-pyrrole nitrogens is 1. The normalized spacial score (nSPS) is 21.3. The monoisotopic (exact) mass is 1500 g/mol. The Bertz CT molecular complexity index is 3150. The van der Waals surface area contributed by atoms with Crippen molar-refractivity contribution in [1.82, 2.24) is 52.0 Å². The molecule has 2 saturated heterocycles. The maximum atomic E-state index is 15.3. The number of aliphatic hydroxyl groups excluding tert-OH is 3. The van der Waals surface area contributed by atoms with Gasteiger partial charge in [-0.25, -0.2) is 0 Å². The van der Waals surface area contributed by atoms with Crippen molar-refractivity contribution < 1.29 is 111 Å². The van der Waals surface area contributed by atoms with Crippen LogP contribution < -0.4 is 59.2 Å². The lowest BCUT2D eigenvalue weighted by atomic mass is 9.93. The molecule has 11 atom stereocenters. The summed E-state index contributed by atoms with van der Waals surface area (Å²) in [5, 5.41) is 49.8. The molecule has 4 heterocycles. The van der Waals surface area contributed by atoms with Crippen LogP contribution in [0.5, 0.6) is 5.75 Å². The van der Waals surface area contributed by atoms with E-state index in [0.29, 0.717) is 126 Å². The number of nitrogens with one attached hydrogen (secondary N) is 8. The number of methoxy groups -OCH3 is 1. The zero-order valence-electron chi connectivity index (χ0n) is 59.0. The van der Waals surface area contributed by atoms with Crippen LogP contribution >= 0.6 is 11.8 Å². The second-order valence-electron chi connectivity index (χ2n) is 24.5. The summed E-state index contributed by atoms with van der Waals surface area (Å²) < 4.78 is 60.3. The highest BCUT2D eigenvalue weighted by molar-refractivity contribution is 7.98. The highest BCUT2D eigenvalue weighted by atomic mass is 32.2. The zero-order chi connectivity index (χ0) is 75.5. The number of carbonyl (C=O) groups is 11. The molecule has 3 aliphatic heterocycles. The smallest absolute Gasteiger partial charge is 0.248 e. The fourth-order valence-corrected chi connectivity index (χ4v) is 13.3. The van der Waals surface area contributed by atoms with Crippen molar-refractivity contribution in [2.24, 2.45) is 29.0 Å². The van der Waals surface area contributed by atoms with E-state index in [-0.39, 0.29) is 73.1 Å². The van der Waals surface area contributed by atoms with Crippen molar-refractivity contribution in [2.45, 2.75) is 132 Å². The second-order valence-corrected chi connectivity index (χ2v) is 27.1. The largest absolute Gasteiger partial charge is 0.610 e. The summed E-state index contributed by atoms with van der Waals surface area (Å²) in [5.41, 5.74) is 18.8. The quantitative estimate of drug-likeness (QED) is 0.0168. The Morgan fingerprint density at radius 3 is 1.94 bits per heavy atom. The summed E-state index contributed by atoms with van der Waals surface area (Å²) in [5.74, 6) is -10.8. The molecule has 38 heteroatoms. The lowest BCUT2D eigenvalue weighted by Crippen LogP contribution is -2.61. The fourth-order valence-electron chi connectivity index (χ4n) is 11.0. The van der Waals surface area contributed by atoms with Gasteiger partial charge >= 0.3 is 0 Å². The van der Waals surface area contributed by atoms with Gasteiger partial charge in [-0.15, -0.1) is 0 Å². The number of thioether (sulfide) groups is 1. The third-order valence-corrected chi connectivity index (χ3v) is 19.3. The Morgan fingerprint density at radius 1 is 0.796 bits per heavy atom. The van der Waals surface area contributed by atoms with Crippen LogP contribution in [0.2, 0.25) is 0 Å². The van der Waals surface area contributed by atoms with Gasteiger partial charge in [0.2, 0.25) is 70.0 Å². The van der Waals surface area contributed by atoms with Crippen LogP contribution in [0.25, 0.3) is 10.9 Å². The van der Waals surface area contributed by atoms with Crippen molar-refractivity contribution in [2.75, 3.05) is 144 Å². The Hall–Kier alpha value is -7.47. The predicted molar refractivity (Wildman–Crippen MR) is 372 cm³/mol. The molecule has 0 spiro atoms. The minimum absolute atomic E-state index is 0.0583. The van der Waals surface area contributed by atoms with Crippen LogP contribution in [-0.4, -0.2) is 292 Å². The maximum Gasteiger partial charge on any atom is 0.248 e. The number of carbonyl (C=O) groups excluding carboxylic acids is 11. The predicted octanol–water partition coefficient (Wildman–Crippen LogP) is -4.96. The Balaban J connectivity index is 1.20. The first kappa shape index (κ1) is 86.2. The van der Waals surface area contributed by atoms with Gasteiger partial charge in [-0.1, -0.05) is 34.1 Å². The van der Waals surface area contributed by atoms with Gasteiger partial charge < -0.3 is 122 Å². The number of likely N-dealkylation sites (tertiary alicyclic amines) is 1. The summed E-state index contributed by atoms with van der Waals surface area (Å²) in [4.78, 5) is 153. The molecule has 17 N–H and O–H groups in total. The molecular weight excluding hydrogens is 1390 g/mol. The number of hydrogen-bond donors (Lipinski definition) is 14. The van der Waals surface area contributed by atoms with E-state index in [1.165, 1.54) is 25.8 Å². The molecule has 0 bridgehead atoms. The van der Waals surface area contributed by atoms with Crippen LogP contribution in [0.3, 0.4) is 0 Å². The van der Waals surface area contributed by atoms with E-state index in [1.807, 2.05) is 0 Å². The number of primary amides is 2. The van der Waals surface area contributed by atoms with E-state index in [9.17, 15) is 68.1 Å². The minimum atomic E-state index is -2.46. The van der Waals surface area contributed by atoms with Crippen LogP contribution in [0.4, 0.5) is 0 Å². The molecule has 11 amide bonds. The molecular formula is C65H103N13O23S2. The zero-order valence-corrected chi connectivity index (χ0v) is 60.6. The Labute approximate surface area is 604 Å². The Kier molecular flexibility index (Phi) is 38.2. The average molecular weight is 1500 g/mol. The number of fused-ring (bicyclic) bond motifs is 4. The highest BCUT2D eigenvalue weighted by Crippen LogP contribution is 2.37. The lowest BCUT2D eigenvalue weighted by Gasteiger charge is -2.32. The standard InChI is InChI=1S/C65H103N13O23S2/c1-6-38(3)56(74-52(83)7-2)62(90)70-32-53(84)71-47-37-103(93)64-43(29-45(59(68)87)72-63(91)57(39(4)49(81)35-79)75-61(89)48-28-41(80)34-77(48)65(92)46(30-51(67)82)73-60(47)88)42-8-9-50(94-5)44(58(42)76-64)36-102-27-26-101-25-24-100-23-22-99-21-20-98-19-18-97-17-16-96-15-14-95-13-12-69-31-40(66)33-78-54(85)10-11-55(78)86/h8-9,31,38-39,41,45-49,56-57,69,76,79-81H,6-7,10-30,32-37,66H2,1-5H3,(H2,67,82)(H2,68,87)(H,70,90)(H,71,84)(H,72,91)(H,73,88)(H,74,83)(H,75,89)/b40-31-/t38-,39-,41+,45-,46-,47-,48-,49-,56-,57-,103?/m0/s1. The van der Waals surface area contributed by atoms with Crippen molar-refractivity contribution in [3.8, 4) is 5.75 Å². The topological polar surface area (TPSA) is 530 Å². The first-order valence-corrected chi connectivity index (χ1v) is 36.7. The van der Waals surface area contributed by atoms with Gasteiger partial charge in [-0.05, 0) is 18.1 Å². The first-order valence-electron chi connectivity index (χ1n) is 34.2. The molecule has 36 nitrogen and oxygen atoms in total. The van der Waals surface area contributed by atoms with Crippen molar-refractivity contribution in [3.63, 3.8) is 0 Å². The van der Waals surface area contributed by atoms with Crippen LogP contribution in [-0.2, 0) is 109 Å². The van der Waals surface area contributed by atoms with Gasteiger partial charge in [0, 0.05) is 102 Å². The molecule has 578 valence electrons. The molecule has 5 rings (SSSR count). The third kappa shape index (κ3) is 28.2. The van der Waals surface area contributed by atoms with Gasteiger partial charge in [0.1, 0.15) is 41.7 Å². The number of aliphatic hydroxyl groups is 3. The van der Waals surface area contributed by atoms with Crippen molar-refractivity contribution in [3.05, 3.63) is 35.2 Å². The van der Waals surface area contributed by atoms with Crippen LogP contribution in [0.1, 0.15) is 77.3 Å². The third-order valence-electron chi connectivity index (χ3n) is 17.0. The number of benzene rings is 1. The summed E-state index contributed by atoms with van der Waals surface area (Å²) in [6.45, 7) is 9.61. The van der Waals surface area contributed by atoms with Crippen LogP contribution in [0.15, 0.2) is 29.1 Å². The number of aromatic amines is 1. The van der Waals surface area contributed by atoms with Crippen molar-refractivity contribution in [1.29, 1.82) is 0 Å². The number of ether oxygens (including phenoxy) is 8. The summed E-state index contributed by atoms with van der Waals surface area (Å²) in [7, 11) is 1.43. The Morgan fingerprint density at radius 2 is 1.39 bits per heavy atom. The number of amides is 11. The van der Waals surface area contributed by atoms with Crippen LogP contribution in [0, 0.1) is 11.8 Å². The molecule has 0 saturated carbocycles. The molecule has 2 fully saturated rings. The summed E-state index contributed by atoms with van der Waals surface area (Å²) in [6.07, 6.45) is -2.36. The summed E-state index contributed by atoms with van der Waals surface area (Å²) >= 11 is -1.03. The van der Waals surface area contributed by atoms with Gasteiger partial charge in [-0.3, -0.25) is 57.6 Å². The van der Waals surface area contributed by atoms with E-state index in [4.69, 9.17) is 55.1 Å². The van der Waals surface area contributed by atoms with E-state index in [2.05, 4.69) is 42.2 Å². The number of rotatable bonds is 44. The maximum absolute atomic E-state index is 15.3. The first-order chi connectivity index (χ1) is 49.3. The molecule has 1 unspecified atom stereocenters. The number of imide groups is 1. The average Bonchev–Trinajstić information content (AvgIpc) is 1.47. The van der Waals surface area contributed by atoms with Gasteiger partial charge in [0.15, 0.2) is 6.04 Å². The molecule has 103 heavy (non-hydrogen) atoms. The number of hydrogen-bond acceptors (Lipinski definition) is 26. The molecule has 2 aromatic rings. The fraction of sp³-hybridized carbons (Fsp3) is 0.677. The van der Waals surface area contributed by atoms with E-state index in [0.717, 1.165) is 9.80 Å².